The van der Waals surface area contributed by atoms with E-state index >= 15 is 0 Å². The van der Waals surface area contributed by atoms with Gasteiger partial charge in [-0.1, -0.05) is 18.2 Å². The number of para-hydroxylation sites is 1. The van der Waals surface area contributed by atoms with Crippen LogP contribution in [0.2, 0.25) is 0 Å². The Bertz CT molecular complexity index is 688. The maximum atomic E-state index is 12.4. The van der Waals surface area contributed by atoms with Crippen molar-refractivity contribution in [3.8, 4) is 0 Å². The number of carbonyl (C=O) groups is 2. The van der Waals surface area contributed by atoms with E-state index in [0.29, 0.717) is 6.54 Å². The first-order valence-corrected chi connectivity index (χ1v) is 7.18. The summed E-state index contributed by atoms with van der Waals surface area (Å²) >= 11 is 0. The van der Waals surface area contributed by atoms with Gasteiger partial charge in [0.1, 0.15) is 5.69 Å². The van der Waals surface area contributed by atoms with E-state index in [4.69, 9.17) is 0 Å². The second kappa shape index (κ2) is 6.34. The SMILES string of the molecule is O=C(NCC(=O)N1CCCc2ccccc21)c1cnccn1. The number of aryl methyl sites for hydroxylation is 1. The lowest BCUT2D eigenvalue weighted by atomic mass is 10.0. The van der Waals surface area contributed by atoms with Crippen molar-refractivity contribution in [2.75, 3.05) is 18.0 Å². The van der Waals surface area contributed by atoms with Crippen molar-refractivity contribution in [3.05, 3.63) is 54.1 Å². The summed E-state index contributed by atoms with van der Waals surface area (Å²) in [5.74, 6) is -0.517. The Morgan fingerprint density at radius 3 is 2.91 bits per heavy atom. The Kier molecular flexibility index (Phi) is 4.09. The zero-order valence-corrected chi connectivity index (χ0v) is 12.0. The van der Waals surface area contributed by atoms with Crippen LogP contribution in [0.15, 0.2) is 42.9 Å². The molecule has 112 valence electrons. The zero-order chi connectivity index (χ0) is 15.4. The third-order valence-electron chi connectivity index (χ3n) is 3.61. The summed E-state index contributed by atoms with van der Waals surface area (Å²) < 4.78 is 0. The first kappa shape index (κ1) is 14.2. The molecule has 0 atom stereocenters. The van der Waals surface area contributed by atoms with Crippen LogP contribution in [0.5, 0.6) is 0 Å². The molecule has 1 aliphatic rings. The Hall–Kier alpha value is -2.76. The summed E-state index contributed by atoms with van der Waals surface area (Å²) in [7, 11) is 0. The van der Waals surface area contributed by atoms with Crippen LogP contribution in [0.25, 0.3) is 0 Å². The fraction of sp³-hybridized carbons (Fsp3) is 0.250. The van der Waals surface area contributed by atoms with E-state index in [1.807, 2.05) is 24.3 Å². The molecule has 0 saturated heterocycles. The van der Waals surface area contributed by atoms with Gasteiger partial charge in [0.25, 0.3) is 5.91 Å². The predicted molar refractivity (Wildman–Crippen MR) is 81.5 cm³/mol. The van der Waals surface area contributed by atoms with E-state index in [1.165, 1.54) is 24.2 Å². The van der Waals surface area contributed by atoms with Gasteiger partial charge in [-0.05, 0) is 24.5 Å². The van der Waals surface area contributed by atoms with Gasteiger partial charge >= 0.3 is 0 Å². The summed E-state index contributed by atoms with van der Waals surface area (Å²) in [6.07, 6.45) is 6.22. The zero-order valence-electron chi connectivity index (χ0n) is 12.0. The highest BCUT2D eigenvalue weighted by atomic mass is 16.2. The highest BCUT2D eigenvalue weighted by Gasteiger charge is 2.22. The molecule has 3 rings (SSSR count). The number of nitrogens with one attached hydrogen (secondary N) is 1. The van der Waals surface area contributed by atoms with Crippen LogP contribution in [-0.4, -0.2) is 34.9 Å². The Labute approximate surface area is 128 Å². The Balaban J connectivity index is 1.65. The van der Waals surface area contributed by atoms with Crippen molar-refractivity contribution in [2.45, 2.75) is 12.8 Å². The van der Waals surface area contributed by atoms with Crippen LogP contribution in [-0.2, 0) is 11.2 Å². The summed E-state index contributed by atoms with van der Waals surface area (Å²) in [6, 6.07) is 7.87. The maximum absolute atomic E-state index is 12.4. The molecule has 0 aliphatic carbocycles. The van der Waals surface area contributed by atoms with E-state index in [-0.39, 0.29) is 18.1 Å². The lowest BCUT2D eigenvalue weighted by molar-refractivity contribution is -0.117. The summed E-state index contributed by atoms with van der Waals surface area (Å²) in [6.45, 7) is 0.626. The number of benzene rings is 1. The van der Waals surface area contributed by atoms with E-state index in [2.05, 4.69) is 15.3 Å². The standard InChI is InChI=1S/C16H16N4O2/c21-15(11-19-16(22)13-10-17-7-8-18-13)20-9-3-5-12-4-1-2-6-14(12)20/h1-2,4,6-8,10H,3,5,9,11H2,(H,19,22). The third-order valence-corrected chi connectivity index (χ3v) is 3.61. The quantitative estimate of drug-likeness (QED) is 0.923. The average Bonchev–Trinajstić information content (AvgIpc) is 2.59. The van der Waals surface area contributed by atoms with E-state index in [0.717, 1.165) is 18.5 Å². The lowest BCUT2D eigenvalue weighted by Gasteiger charge is -2.29. The molecule has 0 bridgehead atoms. The maximum Gasteiger partial charge on any atom is 0.271 e. The lowest BCUT2D eigenvalue weighted by Crippen LogP contribution is -2.42. The normalized spacial score (nSPS) is 13.4. The molecule has 0 unspecified atom stereocenters. The van der Waals surface area contributed by atoms with Gasteiger partial charge in [-0.15, -0.1) is 0 Å². The van der Waals surface area contributed by atoms with Gasteiger partial charge in [-0.2, -0.15) is 0 Å². The minimum atomic E-state index is -0.397. The molecule has 22 heavy (non-hydrogen) atoms. The second-order valence-corrected chi connectivity index (χ2v) is 5.05. The Morgan fingerprint density at radius 2 is 2.09 bits per heavy atom. The van der Waals surface area contributed by atoms with E-state index in [9.17, 15) is 9.59 Å². The molecular formula is C16H16N4O2. The fourth-order valence-electron chi connectivity index (χ4n) is 2.55. The predicted octanol–water partition coefficient (Wildman–Crippen LogP) is 1.19. The molecule has 0 saturated carbocycles. The molecule has 1 aliphatic heterocycles. The second-order valence-electron chi connectivity index (χ2n) is 5.05. The van der Waals surface area contributed by atoms with Crippen molar-refractivity contribution in [3.63, 3.8) is 0 Å². The summed E-state index contributed by atoms with van der Waals surface area (Å²) in [5, 5.41) is 2.59. The summed E-state index contributed by atoms with van der Waals surface area (Å²) in [4.78, 5) is 33.7. The van der Waals surface area contributed by atoms with Crippen LogP contribution in [0.3, 0.4) is 0 Å². The van der Waals surface area contributed by atoms with Gasteiger partial charge in [-0.3, -0.25) is 14.6 Å². The van der Waals surface area contributed by atoms with Crippen LogP contribution in [0.1, 0.15) is 22.5 Å². The molecule has 6 nitrogen and oxygen atoms in total. The van der Waals surface area contributed by atoms with Gasteiger partial charge < -0.3 is 10.2 Å². The summed E-state index contributed by atoms with van der Waals surface area (Å²) in [5.41, 5.74) is 2.31. The highest BCUT2D eigenvalue weighted by Crippen LogP contribution is 2.26. The number of hydrogen-bond acceptors (Lipinski definition) is 4. The average molecular weight is 296 g/mol. The highest BCUT2D eigenvalue weighted by molar-refractivity contribution is 6.00. The number of nitrogens with zero attached hydrogens (tertiary/aromatic N) is 3. The topological polar surface area (TPSA) is 75.2 Å². The molecule has 2 heterocycles. The molecule has 2 aromatic rings. The van der Waals surface area contributed by atoms with Gasteiger partial charge in [0.05, 0.1) is 12.7 Å². The molecule has 0 fully saturated rings. The number of aromatic nitrogens is 2. The molecule has 2 amide bonds. The van der Waals surface area contributed by atoms with Crippen LogP contribution < -0.4 is 10.2 Å². The first-order chi connectivity index (χ1) is 10.8. The third kappa shape index (κ3) is 2.95. The van der Waals surface area contributed by atoms with E-state index < -0.39 is 5.91 Å². The Morgan fingerprint density at radius 1 is 1.23 bits per heavy atom. The number of fused-ring (bicyclic) bond motifs is 1. The largest absolute Gasteiger partial charge is 0.342 e. The van der Waals surface area contributed by atoms with Crippen molar-refractivity contribution in [2.24, 2.45) is 0 Å². The van der Waals surface area contributed by atoms with E-state index in [1.54, 1.807) is 4.90 Å². The molecule has 1 aromatic heterocycles. The van der Waals surface area contributed by atoms with Gasteiger partial charge in [-0.25, -0.2) is 4.98 Å². The molecule has 0 radical (unpaired) electrons. The number of anilines is 1. The minimum absolute atomic E-state index is 0.0518. The number of carbonyl (C=O) groups excluding carboxylic acids is 2. The molecule has 1 aromatic carbocycles. The molecule has 0 spiro atoms. The van der Waals surface area contributed by atoms with Crippen LogP contribution in [0, 0.1) is 0 Å². The molecule has 1 N–H and O–H groups in total. The van der Waals surface area contributed by atoms with Crippen LogP contribution in [0.4, 0.5) is 5.69 Å². The smallest absolute Gasteiger partial charge is 0.271 e. The molecular weight excluding hydrogens is 280 g/mol. The fourth-order valence-corrected chi connectivity index (χ4v) is 2.55. The van der Waals surface area contributed by atoms with Crippen molar-refractivity contribution >= 4 is 17.5 Å². The first-order valence-electron chi connectivity index (χ1n) is 7.18. The van der Waals surface area contributed by atoms with Gasteiger partial charge in [0.15, 0.2) is 0 Å². The minimum Gasteiger partial charge on any atom is -0.342 e. The van der Waals surface area contributed by atoms with Crippen LogP contribution >= 0.6 is 0 Å². The van der Waals surface area contributed by atoms with Crippen molar-refractivity contribution < 1.29 is 9.59 Å². The van der Waals surface area contributed by atoms with Gasteiger partial charge in [0.2, 0.25) is 5.91 Å². The number of hydrogen-bond donors (Lipinski definition) is 1. The molecule has 6 heteroatoms. The van der Waals surface area contributed by atoms with Crippen molar-refractivity contribution in [1.82, 2.24) is 15.3 Å². The van der Waals surface area contributed by atoms with Gasteiger partial charge in [0, 0.05) is 24.6 Å². The number of amides is 2. The monoisotopic (exact) mass is 296 g/mol. The number of rotatable bonds is 3. The van der Waals surface area contributed by atoms with Crippen molar-refractivity contribution in [1.29, 1.82) is 0 Å².